The summed E-state index contributed by atoms with van der Waals surface area (Å²) in [6.45, 7) is 2.07. The zero-order valence-corrected chi connectivity index (χ0v) is 20.1. The lowest BCUT2D eigenvalue weighted by atomic mass is 10.0. The van der Waals surface area contributed by atoms with Gasteiger partial charge < -0.3 is 5.32 Å². The number of halogens is 5. The Hall–Kier alpha value is -2.39. The maximum atomic E-state index is 14.0. The molecule has 0 heterocycles. The normalized spacial score (nSPS) is 12.3. The number of amides is 1. The van der Waals surface area contributed by atoms with E-state index in [1.165, 1.54) is 18.2 Å². The molecule has 11 heteroatoms. The fraction of sp³-hybridized carbons (Fsp3) is 0.136. The lowest BCUT2D eigenvalue weighted by molar-refractivity contribution is 0.0952. The van der Waals surface area contributed by atoms with Gasteiger partial charge in [0.1, 0.15) is 16.5 Å². The predicted octanol–water partition coefficient (Wildman–Crippen LogP) is 6.26. The van der Waals surface area contributed by atoms with Crippen LogP contribution in [0.25, 0.3) is 0 Å². The van der Waals surface area contributed by atoms with Gasteiger partial charge in [-0.3, -0.25) is 9.52 Å². The SMILES string of the molecule is CC(CNC(=O)c1ccc(Cl)cc1NS(=O)(=O)c1ccc(F)cc1F)c1ccc(Cl)c(Cl)c1. The molecule has 0 aromatic heterocycles. The van der Waals surface area contributed by atoms with Crippen LogP contribution in [0.2, 0.25) is 15.1 Å². The van der Waals surface area contributed by atoms with Crippen LogP contribution in [0.1, 0.15) is 28.8 Å². The number of carbonyl (C=O) groups excluding carboxylic acids is 1. The molecule has 33 heavy (non-hydrogen) atoms. The van der Waals surface area contributed by atoms with Gasteiger partial charge in [0.2, 0.25) is 0 Å². The smallest absolute Gasteiger partial charge is 0.264 e. The quantitative estimate of drug-likeness (QED) is 0.376. The fourth-order valence-electron chi connectivity index (χ4n) is 2.97. The van der Waals surface area contributed by atoms with Gasteiger partial charge in [0.25, 0.3) is 15.9 Å². The highest BCUT2D eigenvalue weighted by molar-refractivity contribution is 7.92. The Morgan fingerprint density at radius 2 is 1.70 bits per heavy atom. The summed E-state index contributed by atoms with van der Waals surface area (Å²) in [6.07, 6.45) is 0. The average Bonchev–Trinajstić information content (AvgIpc) is 2.73. The highest BCUT2D eigenvalue weighted by Crippen LogP contribution is 2.28. The van der Waals surface area contributed by atoms with Crippen molar-refractivity contribution < 1.29 is 22.0 Å². The molecule has 0 aliphatic heterocycles. The third-order valence-corrected chi connectivity index (χ3v) is 7.11. The fourth-order valence-corrected chi connectivity index (χ4v) is 4.58. The Labute approximate surface area is 204 Å². The van der Waals surface area contributed by atoms with Crippen molar-refractivity contribution in [2.24, 2.45) is 0 Å². The summed E-state index contributed by atoms with van der Waals surface area (Å²) in [6, 6.07) is 11.1. The van der Waals surface area contributed by atoms with E-state index in [-0.39, 0.29) is 28.7 Å². The van der Waals surface area contributed by atoms with Crippen molar-refractivity contribution in [1.82, 2.24) is 5.32 Å². The Bertz CT molecular complexity index is 1320. The van der Waals surface area contributed by atoms with Crippen LogP contribution in [-0.2, 0) is 10.0 Å². The molecular formula is C22H17Cl3F2N2O3S. The van der Waals surface area contributed by atoms with Gasteiger partial charge in [-0.2, -0.15) is 0 Å². The van der Waals surface area contributed by atoms with E-state index in [2.05, 4.69) is 10.0 Å². The molecule has 3 aromatic rings. The molecule has 2 N–H and O–H groups in total. The topological polar surface area (TPSA) is 75.3 Å². The van der Waals surface area contributed by atoms with E-state index in [4.69, 9.17) is 34.8 Å². The summed E-state index contributed by atoms with van der Waals surface area (Å²) >= 11 is 17.9. The zero-order chi connectivity index (χ0) is 24.3. The second kappa shape index (κ2) is 10.3. The first-order valence-electron chi connectivity index (χ1n) is 9.48. The molecular weight excluding hydrogens is 517 g/mol. The van der Waals surface area contributed by atoms with Crippen LogP contribution in [0.4, 0.5) is 14.5 Å². The van der Waals surface area contributed by atoms with Crippen LogP contribution in [-0.4, -0.2) is 20.9 Å². The Balaban J connectivity index is 1.81. The maximum absolute atomic E-state index is 14.0. The summed E-state index contributed by atoms with van der Waals surface area (Å²) in [7, 11) is -4.47. The molecule has 1 unspecified atom stereocenters. The summed E-state index contributed by atoms with van der Waals surface area (Å²) in [4.78, 5) is 12.0. The molecule has 0 aliphatic rings. The van der Waals surface area contributed by atoms with Crippen LogP contribution in [0.3, 0.4) is 0 Å². The average molecular weight is 534 g/mol. The van der Waals surface area contributed by atoms with Crippen molar-refractivity contribution in [3.8, 4) is 0 Å². The summed E-state index contributed by atoms with van der Waals surface area (Å²) < 4.78 is 54.7. The van der Waals surface area contributed by atoms with Crippen LogP contribution in [0, 0.1) is 11.6 Å². The minimum Gasteiger partial charge on any atom is -0.351 e. The Morgan fingerprint density at radius 1 is 0.970 bits per heavy atom. The van der Waals surface area contributed by atoms with Crippen LogP contribution >= 0.6 is 34.8 Å². The van der Waals surface area contributed by atoms with Crippen molar-refractivity contribution in [1.29, 1.82) is 0 Å². The number of carbonyl (C=O) groups is 1. The molecule has 1 atom stereocenters. The van der Waals surface area contributed by atoms with Gasteiger partial charge in [0.15, 0.2) is 0 Å². The van der Waals surface area contributed by atoms with E-state index in [1.807, 2.05) is 6.92 Å². The molecule has 0 radical (unpaired) electrons. The minimum atomic E-state index is -4.47. The zero-order valence-electron chi connectivity index (χ0n) is 17.0. The summed E-state index contributed by atoms with van der Waals surface area (Å²) in [5.41, 5.74) is 0.645. The Morgan fingerprint density at radius 3 is 2.36 bits per heavy atom. The van der Waals surface area contributed by atoms with E-state index in [9.17, 15) is 22.0 Å². The second-order valence-electron chi connectivity index (χ2n) is 7.15. The number of nitrogens with one attached hydrogen (secondary N) is 2. The lowest BCUT2D eigenvalue weighted by Crippen LogP contribution is -2.28. The third kappa shape index (κ3) is 6.14. The second-order valence-corrected chi connectivity index (χ2v) is 10.1. The molecule has 3 aromatic carbocycles. The van der Waals surface area contributed by atoms with E-state index < -0.39 is 32.5 Å². The van der Waals surface area contributed by atoms with Crippen LogP contribution < -0.4 is 10.0 Å². The standard InChI is InChI=1S/C22H17Cl3F2N2O3S/c1-12(13-2-6-17(24)18(25)8-13)11-28-22(30)16-5-3-14(23)9-20(16)29-33(31,32)21-7-4-15(26)10-19(21)27/h2-10,12,29H,11H2,1H3,(H,28,30). The summed E-state index contributed by atoms with van der Waals surface area (Å²) in [5, 5.41) is 3.66. The van der Waals surface area contributed by atoms with Gasteiger partial charge in [-0.05, 0) is 53.9 Å². The molecule has 0 spiro atoms. The highest BCUT2D eigenvalue weighted by atomic mass is 35.5. The molecule has 5 nitrogen and oxygen atoms in total. The number of rotatable bonds is 7. The molecule has 0 saturated carbocycles. The molecule has 0 saturated heterocycles. The number of sulfonamides is 1. The third-order valence-electron chi connectivity index (χ3n) is 4.74. The van der Waals surface area contributed by atoms with E-state index >= 15 is 0 Å². The number of hydrogen-bond donors (Lipinski definition) is 2. The Kier molecular flexibility index (Phi) is 7.84. The van der Waals surface area contributed by atoms with Crippen molar-refractivity contribution in [2.75, 3.05) is 11.3 Å². The van der Waals surface area contributed by atoms with Gasteiger partial charge in [-0.15, -0.1) is 0 Å². The van der Waals surface area contributed by atoms with Crippen molar-refractivity contribution in [3.63, 3.8) is 0 Å². The van der Waals surface area contributed by atoms with Gasteiger partial charge in [0.05, 0.1) is 21.3 Å². The lowest BCUT2D eigenvalue weighted by Gasteiger charge is -2.16. The predicted molar refractivity (Wildman–Crippen MR) is 126 cm³/mol. The first kappa shape index (κ1) is 25.2. The summed E-state index contributed by atoms with van der Waals surface area (Å²) in [5.74, 6) is -2.92. The molecule has 0 fully saturated rings. The van der Waals surface area contributed by atoms with Gasteiger partial charge >= 0.3 is 0 Å². The van der Waals surface area contributed by atoms with Crippen molar-refractivity contribution in [3.05, 3.63) is 92.4 Å². The molecule has 1 amide bonds. The van der Waals surface area contributed by atoms with Gasteiger partial charge in [-0.1, -0.05) is 47.8 Å². The van der Waals surface area contributed by atoms with Crippen LogP contribution in [0.5, 0.6) is 0 Å². The largest absolute Gasteiger partial charge is 0.351 e. The maximum Gasteiger partial charge on any atom is 0.264 e. The number of benzene rings is 3. The van der Waals surface area contributed by atoms with Gasteiger partial charge in [-0.25, -0.2) is 17.2 Å². The highest BCUT2D eigenvalue weighted by Gasteiger charge is 2.23. The van der Waals surface area contributed by atoms with Crippen LogP contribution in [0.15, 0.2) is 59.5 Å². The molecule has 0 bridgehead atoms. The first-order chi connectivity index (χ1) is 15.5. The number of hydrogen-bond acceptors (Lipinski definition) is 3. The first-order valence-corrected chi connectivity index (χ1v) is 12.1. The molecule has 3 rings (SSSR count). The monoisotopic (exact) mass is 532 g/mol. The minimum absolute atomic E-state index is 0.0353. The van der Waals surface area contributed by atoms with E-state index in [0.717, 1.165) is 17.7 Å². The molecule has 0 aliphatic carbocycles. The van der Waals surface area contributed by atoms with Crippen molar-refractivity contribution >= 4 is 56.4 Å². The van der Waals surface area contributed by atoms with E-state index in [1.54, 1.807) is 18.2 Å². The number of anilines is 1. The van der Waals surface area contributed by atoms with Crippen molar-refractivity contribution in [2.45, 2.75) is 17.7 Å². The van der Waals surface area contributed by atoms with E-state index in [0.29, 0.717) is 16.1 Å². The van der Waals surface area contributed by atoms with Gasteiger partial charge in [0, 0.05) is 17.6 Å². The molecule has 174 valence electrons.